The van der Waals surface area contributed by atoms with Gasteiger partial charge in [0.25, 0.3) is 0 Å². The number of imide groups is 1. The molecule has 2 amide bonds. The van der Waals surface area contributed by atoms with E-state index in [1.54, 1.807) is 0 Å². The molecule has 74 valence electrons. The van der Waals surface area contributed by atoms with Crippen LogP contribution in [-0.4, -0.2) is 38.2 Å². The van der Waals surface area contributed by atoms with Gasteiger partial charge in [0.1, 0.15) is 0 Å². The molecule has 0 aromatic heterocycles. The zero-order valence-corrected chi connectivity index (χ0v) is 7.38. The van der Waals surface area contributed by atoms with E-state index in [4.69, 9.17) is 9.47 Å². The summed E-state index contributed by atoms with van der Waals surface area (Å²) in [4.78, 5) is 20.2. The molecular formula is C8H13NO4. The minimum atomic E-state index is -0.148. The maximum atomic E-state index is 10.1. The van der Waals surface area contributed by atoms with Crippen molar-refractivity contribution in [3.05, 3.63) is 0 Å². The summed E-state index contributed by atoms with van der Waals surface area (Å²) >= 11 is 0. The van der Waals surface area contributed by atoms with E-state index >= 15 is 0 Å². The number of carbonyl (C=O) groups is 2. The number of carbonyl (C=O) groups excluding carboxylic acids is 2. The Labute approximate surface area is 76.4 Å². The summed E-state index contributed by atoms with van der Waals surface area (Å²) in [5.41, 5.74) is 0. The number of hydrogen-bond acceptors (Lipinski definition) is 4. The molecule has 1 N–H and O–H groups in total. The number of amides is 2. The second-order valence-electron chi connectivity index (χ2n) is 2.70. The van der Waals surface area contributed by atoms with E-state index in [1.807, 2.05) is 0 Å². The van der Waals surface area contributed by atoms with Crippen LogP contribution in [0.25, 0.3) is 0 Å². The van der Waals surface area contributed by atoms with Crippen molar-refractivity contribution in [2.24, 2.45) is 0 Å². The van der Waals surface area contributed by atoms with Crippen LogP contribution in [0, 0.1) is 0 Å². The predicted octanol–water partition coefficient (Wildman–Crippen LogP) is -0.544. The second-order valence-corrected chi connectivity index (χ2v) is 2.70. The fourth-order valence-corrected chi connectivity index (χ4v) is 0.947. The van der Waals surface area contributed by atoms with Crippen molar-refractivity contribution in [2.45, 2.75) is 12.8 Å². The van der Waals surface area contributed by atoms with Crippen molar-refractivity contribution in [3.63, 3.8) is 0 Å². The lowest BCUT2D eigenvalue weighted by molar-refractivity contribution is -0.124. The summed E-state index contributed by atoms with van der Waals surface area (Å²) < 4.78 is 9.89. The molecule has 0 spiro atoms. The normalized spacial score (nSPS) is 21.8. The van der Waals surface area contributed by atoms with Crippen LogP contribution in [0.2, 0.25) is 0 Å². The molecule has 0 bridgehead atoms. The van der Waals surface area contributed by atoms with Crippen molar-refractivity contribution in [1.29, 1.82) is 0 Å². The highest BCUT2D eigenvalue weighted by atomic mass is 16.6. The molecule has 0 aromatic rings. The van der Waals surface area contributed by atoms with Gasteiger partial charge in [0, 0.05) is 12.8 Å². The van der Waals surface area contributed by atoms with Gasteiger partial charge < -0.3 is 9.47 Å². The molecule has 0 saturated carbocycles. The van der Waals surface area contributed by atoms with Crippen LogP contribution in [-0.2, 0) is 19.1 Å². The highest BCUT2D eigenvalue weighted by Gasteiger charge is 2.15. The molecule has 13 heavy (non-hydrogen) atoms. The summed E-state index contributed by atoms with van der Waals surface area (Å²) in [6, 6.07) is 0. The Bertz CT molecular complexity index is 163. The third kappa shape index (κ3) is 4.59. The largest absolute Gasteiger partial charge is 0.377 e. The van der Waals surface area contributed by atoms with E-state index in [2.05, 4.69) is 5.32 Å². The molecule has 2 aliphatic rings. The molecular weight excluding hydrogens is 174 g/mol. The average molecular weight is 187 g/mol. The lowest BCUT2D eigenvalue weighted by Crippen LogP contribution is -2.18. The van der Waals surface area contributed by atoms with Crippen LogP contribution in [0.5, 0.6) is 0 Å². The number of hydrogen-bond donors (Lipinski definition) is 1. The van der Waals surface area contributed by atoms with Crippen molar-refractivity contribution in [2.75, 3.05) is 26.4 Å². The minimum absolute atomic E-state index is 0.148. The smallest absolute Gasteiger partial charge is 0.227 e. The third-order valence-electron chi connectivity index (χ3n) is 1.60. The average Bonchev–Trinajstić information content (AvgIpc) is 2.54. The monoisotopic (exact) mass is 187 g/mol. The maximum Gasteiger partial charge on any atom is 0.227 e. The molecule has 0 radical (unpaired) electrons. The van der Waals surface area contributed by atoms with E-state index in [1.165, 1.54) is 0 Å². The molecule has 0 aliphatic carbocycles. The van der Waals surface area contributed by atoms with Gasteiger partial charge in [-0.25, -0.2) is 0 Å². The summed E-state index contributed by atoms with van der Waals surface area (Å²) in [5, 5.41) is 2.14. The van der Waals surface area contributed by atoms with Gasteiger partial charge in [-0.3, -0.25) is 14.9 Å². The molecule has 0 aromatic carbocycles. The topological polar surface area (TPSA) is 64.6 Å². The van der Waals surface area contributed by atoms with E-state index in [-0.39, 0.29) is 11.8 Å². The standard InChI is InChI=1S/C4H5NO2.C4H8O2/c6-3-1-2-4(7)5-3;1-2-6-4-3-5-1/h1-2H2,(H,5,6,7);1-4H2. The molecule has 5 nitrogen and oxygen atoms in total. The Kier molecular flexibility index (Phi) is 4.42. The molecule has 0 atom stereocenters. The Balaban J connectivity index is 0.000000132. The summed E-state index contributed by atoms with van der Waals surface area (Å²) in [6.07, 6.45) is 0.748. The molecule has 2 rings (SSSR count). The van der Waals surface area contributed by atoms with Gasteiger partial charge in [-0.05, 0) is 0 Å². The van der Waals surface area contributed by atoms with E-state index in [0.717, 1.165) is 26.4 Å². The van der Waals surface area contributed by atoms with Crippen LogP contribution < -0.4 is 5.32 Å². The van der Waals surface area contributed by atoms with E-state index < -0.39 is 0 Å². The fourth-order valence-electron chi connectivity index (χ4n) is 0.947. The van der Waals surface area contributed by atoms with Crippen LogP contribution in [0.15, 0.2) is 0 Å². The highest BCUT2D eigenvalue weighted by Crippen LogP contribution is 1.95. The molecule has 2 fully saturated rings. The number of nitrogens with one attached hydrogen (secondary N) is 1. The minimum Gasteiger partial charge on any atom is -0.377 e. The van der Waals surface area contributed by atoms with Crippen LogP contribution in [0.3, 0.4) is 0 Å². The Morgan fingerprint density at radius 1 is 0.846 bits per heavy atom. The lowest BCUT2D eigenvalue weighted by atomic mass is 10.4. The van der Waals surface area contributed by atoms with E-state index in [0.29, 0.717) is 12.8 Å². The summed E-state index contributed by atoms with van der Waals surface area (Å²) in [7, 11) is 0. The highest BCUT2D eigenvalue weighted by molar-refractivity contribution is 6.01. The van der Waals surface area contributed by atoms with Crippen LogP contribution in [0.4, 0.5) is 0 Å². The lowest BCUT2D eigenvalue weighted by Gasteiger charge is -2.09. The van der Waals surface area contributed by atoms with Gasteiger partial charge in [-0.2, -0.15) is 0 Å². The zero-order valence-electron chi connectivity index (χ0n) is 7.38. The zero-order chi connectivity index (χ0) is 9.52. The number of rotatable bonds is 0. The van der Waals surface area contributed by atoms with Crippen LogP contribution >= 0.6 is 0 Å². The molecule has 2 heterocycles. The predicted molar refractivity (Wildman–Crippen MR) is 44.0 cm³/mol. The summed E-state index contributed by atoms with van der Waals surface area (Å²) in [5.74, 6) is -0.296. The van der Waals surface area contributed by atoms with Crippen molar-refractivity contribution >= 4 is 11.8 Å². The third-order valence-corrected chi connectivity index (χ3v) is 1.60. The maximum absolute atomic E-state index is 10.1. The SMILES string of the molecule is C1COCCO1.O=C1CCC(=O)N1. The summed E-state index contributed by atoms with van der Waals surface area (Å²) in [6.45, 7) is 3.11. The van der Waals surface area contributed by atoms with E-state index in [9.17, 15) is 9.59 Å². The Morgan fingerprint density at radius 2 is 1.23 bits per heavy atom. The van der Waals surface area contributed by atoms with Crippen molar-refractivity contribution < 1.29 is 19.1 Å². The molecule has 2 saturated heterocycles. The quantitative estimate of drug-likeness (QED) is 0.517. The van der Waals surface area contributed by atoms with Crippen molar-refractivity contribution in [1.82, 2.24) is 5.32 Å². The second kappa shape index (κ2) is 5.66. The number of ether oxygens (including phenoxy) is 2. The first-order valence-corrected chi connectivity index (χ1v) is 4.27. The molecule has 5 heteroatoms. The van der Waals surface area contributed by atoms with Gasteiger partial charge in [0.2, 0.25) is 11.8 Å². The van der Waals surface area contributed by atoms with Crippen molar-refractivity contribution in [3.8, 4) is 0 Å². The van der Waals surface area contributed by atoms with Gasteiger partial charge in [0.15, 0.2) is 0 Å². The first-order valence-electron chi connectivity index (χ1n) is 4.27. The first kappa shape index (κ1) is 10.1. The first-order chi connectivity index (χ1) is 6.29. The Morgan fingerprint density at radius 3 is 1.38 bits per heavy atom. The van der Waals surface area contributed by atoms with Gasteiger partial charge in [-0.1, -0.05) is 0 Å². The van der Waals surface area contributed by atoms with Crippen LogP contribution in [0.1, 0.15) is 12.8 Å². The fraction of sp³-hybridized carbons (Fsp3) is 0.750. The molecule has 2 aliphatic heterocycles. The Hall–Kier alpha value is -0.940. The molecule has 0 unspecified atom stereocenters. The van der Waals surface area contributed by atoms with Gasteiger partial charge in [-0.15, -0.1) is 0 Å². The van der Waals surface area contributed by atoms with Gasteiger partial charge >= 0.3 is 0 Å². The van der Waals surface area contributed by atoms with Gasteiger partial charge in [0.05, 0.1) is 26.4 Å².